The molecule has 4 N–H and O–H groups in total. The zero-order valence-electron chi connectivity index (χ0n) is 36.4. The zero-order chi connectivity index (χ0) is 49.7. The van der Waals surface area contributed by atoms with Crippen molar-refractivity contribution < 1.29 is 4.92 Å². The molecule has 5 aromatic heterocycles. The van der Waals surface area contributed by atoms with Gasteiger partial charge in [0.25, 0.3) is 5.69 Å². The lowest BCUT2D eigenvalue weighted by atomic mass is 9.98. The third kappa shape index (κ3) is 13.0. The van der Waals surface area contributed by atoms with Crippen LogP contribution in [0.1, 0.15) is 38.9 Å². The van der Waals surface area contributed by atoms with Crippen LogP contribution < -0.4 is 11.5 Å². The summed E-state index contributed by atoms with van der Waals surface area (Å²) in [6.07, 6.45) is 10.00. The Morgan fingerprint density at radius 2 is 0.985 bits per heavy atom. The summed E-state index contributed by atoms with van der Waals surface area (Å²) in [4.78, 5) is 26.5. The average Bonchev–Trinajstić information content (AvgIpc) is 3.77. The van der Waals surface area contributed by atoms with Crippen LogP contribution >= 0.6 is 50.7 Å². The molecular weight excluding hydrogens is 989 g/mol. The molecule has 15 nitrogen and oxygen atoms in total. The molecule has 0 aliphatic carbocycles. The quantitative estimate of drug-likeness (QED) is 0.0704. The summed E-state index contributed by atoms with van der Waals surface area (Å²) in [5.74, 6) is 0. The minimum atomic E-state index is -0.461. The van der Waals surface area contributed by atoms with Crippen molar-refractivity contribution >= 4 is 67.8 Å². The highest BCUT2D eigenvalue weighted by Crippen LogP contribution is 2.31. The van der Waals surface area contributed by atoms with Gasteiger partial charge in [-0.25, -0.2) is 15.0 Å². The first-order valence-corrected chi connectivity index (χ1v) is 21.6. The molecule has 0 bridgehead atoms. The summed E-state index contributed by atoms with van der Waals surface area (Å²) >= 11 is 20.3. The number of hydrogen-bond acceptors (Lipinski definition) is 13. The van der Waals surface area contributed by atoms with E-state index in [0.29, 0.717) is 44.9 Å². The number of halogens is 4. The van der Waals surface area contributed by atoms with Crippen LogP contribution in [0.5, 0.6) is 0 Å². The van der Waals surface area contributed by atoms with Crippen LogP contribution in [0, 0.1) is 76.2 Å². The number of nitrogens with zero attached hydrogens (tertiary/aromatic N) is 11. The second-order valence-corrected chi connectivity index (χ2v) is 16.5. The molecule has 8 rings (SSSR count). The maximum atomic E-state index is 10.8. The lowest BCUT2D eigenvalue weighted by molar-refractivity contribution is -0.384. The van der Waals surface area contributed by atoms with Crippen molar-refractivity contribution in [3.63, 3.8) is 0 Å². The van der Waals surface area contributed by atoms with Crippen molar-refractivity contribution in [1.82, 2.24) is 29.7 Å². The summed E-state index contributed by atoms with van der Waals surface area (Å²) < 4.78 is 2.45. The highest BCUT2D eigenvalue weighted by atomic mass is 79.9. The van der Waals surface area contributed by atoms with Gasteiger partial charge in [-0.2, -0.15) is 26.1 Å². The lowest BCUT2D eigenvalue weighted by Gasteiger charge is -2.09. The van der Waals surface area contributed by atoms with Crippen molar-refractivity contribution in [2.24, 2.45) is 7.05 Å². The number of hydrogen-bond donors (Lipinski definition) is 2. The second-order valence-electron chi connectivity index (χ2n) is 14.5. The SMILES string of the molecule is Cc1ccc(N)cc1-c1cnc(-c2cnn(C)c2)c(C#N)c1.Cc1ccc(N)cc1-c1cnc(Cl)c(C#N)c1.Cc1ccc([N+](=O)[O-])cc1-c1cnc(Cl)c(C#N)c1.N#Cc1cc(Br)cnc1Cl. The summed E-state index contributed by atoms with van der Waals surface area (Å²) in [6.45, 7) is 5.82. The molecule has 5 heterocycles. The van der Waals surface area contributed by atoms with Crippen LogP contribution in [0.2, 0.25) is 15.5 Å². The van der Waals surface area contributed by atoms with Gasteiger partial charge in [-0.3, -0.25) is 19.8 Å². The fourth-order valence-corrected chi connectivity index (χ4v) is 7.02. The molecule has 336 valence electrons. The topological polar surface area (TPSA) is 260 Å². The first-order chi connectivity index (χ1) is 32.5. The van der Waals surface area contributed by atoms with Crippen LogP contribution in [0.15, 0.2) is 121 Å². The van der Waals surface area contributed by atoms with E-state index in [2.05, 4.69) is 47.0 Å². The molecule has 19 heteroatoms. The van der Waals surface area contributed by atoms with E-state index < -0.39 is 4.92 Å². The molecule has 0 amide bonds. The standard InChI is InChI=1S/C17H15N5.C13H8ClN3O2.C13H10ClN3.C6H2BrClN2/c1-11-3-4-15(19)6-16(11)13-5-12(7-18)17(20-8-13)14-9-21-22(2)10-14;1-8-2-3-11(17(18)19)5-12(8)10-4-9(6-15)13(14)16-7-10;1-8-2-3-11(16)5-12(8)10-4-9(6-15)13(14)17-7-10;7-5-1-4(2-9)6(8)10-3-5/h3-6,8-10H,19H2,1-2H3;2-5,7H,1H3;2-5,7H,16H2,1H3;1,3H. The number of nitrogens with two attached hydrogens (primary N) is 2. The van der Waals surface area contributed by atoms with Crippen LogP contribution in [0.4, 0.5) is 17.1 Å². The molecule has 3 aromatic carbocycles. The van der Waals surface area contributed by atoms with Crippen molar-refractivity contribution in [3.8, 4) is 68.9 Å². The largest absolute Gasteiger partial charge is 0.399 e. The molecule has 0 aliphatic rings. The summed E-state index contributed by atoms with van der Waals surface area (Å²) in [5, 5.41) is 51.2. The van der Waals surface area contributed by atoms with E-state index in [4.69, 9.17) is 62.1 Å². The molecule has 68 heavy (non-hydrogen) atoms. The number of non-ortho nitro benzene ring substituents is 1. The first-order valence-electron chi connectivity index (χ1n) is 19.7. The van der Waals surface area contributed by atoms with Gasteiger partial charge in [0.05, 0.1) is 39.1 Å². The minimum absolute atomic E-state index is 0.00550. The fraction of sp³-hybridized carbons (Fsp3) is 0.0816. The number of anilines is 2. The fourth-order valence-electron chi connectivity index (χ4n) is 6.26. The van der Waals surface area contributed by atoms with Crippen molar-refractivity contribution in [3.05, 3.63) is 185 Å². The maximum absolute atomic E-state index is 10.8. The highest BCUT2D eigenvalue weighted by Gasteiger charge is 2.14. The summed E-state index contributed by atoms with van der Waals surface area (Å²) in [6, 6.07) is 30.8. The number of nitro groups is 1. The van der Waals surface area contributed by atoms with Gasteiger partial charge in [-0.1, -0.05) is 53.0 Å². The van der Waals surface area contributed by atoms with Gasteiger partial charge in [0.15, 0.2) is 0 Å². The number of pyridine rings is 4. The predicted molar refractivity (Wildman–Crippen MR) is 267 cm³/mol. The van der Waals surface area contributed by atoms with E-state index in [1.807, 2.05) is 94.7 Å². The second kappa shape index (κ2) is 23.3. The Balaban J connectivity index is 0.000000175. The van der Waals surface area contributed by atoms with Crippen molar-refractivity contribution in [2.45, 2.75) is 20.8 Å². The number of aromatic nitrogens is 6. The Kier molecular flexibility index (Phi) is 17.4. The summed E-state index contributed by atoms with van der Waals surface area (Å²) in [5.41, 5.74) is 24.0. The van der Waals surface area contributed by atoms with Gasteiger partial charge >= 0.3 is 0 Å². The number of benzene rings is 3. The summed E-state index contributed by atoms with van der Waals surface area (Å²) in [7, 11) is 1.83. The smallest absolute Gasteiger partial charge is 0.270 e. The van der Waals surface area contributed by atoms with E-state index in [1.165, 1.54) is 18.3 Å². The van der Waals surface area contributed by atoms with Gasteiger partial charge in [-0.15, -0.1) is 0 Å². The van der Waals surface area contributed by atoms with E-state index in [9.17, 15) is 15.4 Å². The Morgan fingerprint density at radius 1 is 0.574 bits per heavy atom. The molecule has 0 atom stereocenters. The molecule has 0 spiro atoms. The lowest BCUT2D eigenvalue weighted by Crippen LogP contribution is -1.93. The Labute approximate surface area is 414 Å². The Morgan fingerprint density at radius 3 is 1.41 bits per heavy atom. The minimum Gasteiger partial charge on any atom is -0.399 e. The zero-order valence-corrected chi connectivity index (χ0v) is 40.2. The van der Waals surface area contributed by atoms with E-state index >= 15 is 0 Å². The molecule has 0 fully saturated rings. The van der Waals surface area contributed by atoms with Crippen molar-refractivity contribution in [2.75, 3.05) is 11.5 Å². The van der Waals surface area contributed by atoms with Crippen LogP contribution in [0.3, 0.4) is 0 Å². The number of nitrogen functional groups attached to an aromatic ring is 2. The number of rotatable bonds is 5. The third-order valence-electron chi connectivity index (χ3n) is 9.72. The van der Waals surface area contributed by atoms with E-state index in [1.54, 1.807) is 53.7 Å². The normalized spacial score (nSPS) is 9.94. The Bertz CT molecular complexity index is 3370. The van der Waals surface area contributed by atoms with Crippen LogP contribution in [0.25, 0.3) is 44.6 Å². The van der Waals surface area contributed by atoms with Gasteiger partial charge in [0.2, 0.25) is 0 Å². The number of nitriles is 4. The molecule has 0 radical (unpaired) electrons. The average molecular weight is 1020 g/mol. The first kappa shape index (κ1) is 50.8. The van der Waals surface area contributed by atoms with Crippen LogP contribution in [-0.2, 0) is 7.05 Å². The van der Waals surface area contributed by atoms with Gasteiger partial charge in [-0.05, 0) is 119 Å². The monoisotopic (exact) mass is 1020 g/mol. The van der Waals surface area contributed by atoms with Gasteiger partial charge in [0, 0.05) is 88.3 Å². The van der Waals surface area contributed by atoms with Crippen molar-refractivity contribution in [1.29, 1.82) is 21.0 Å². The van der Waals surface area contributed by atoms with Gasteiger partial charge in [0.1, 0.15) is 39.7 Å². The van der Waals surface area contributed by atoms with E-state index in [0.717, 1.165) is 49.0 Å². The molecule has 0 saturated carbocycles. The predicted octanol–water partition coefficient (Wildman–Crippen LogP) is 11.9. The molecule has 0 saturated heterocycles. The Hall–Kier alpha value is -8.22. The molecular formula is C49H35BrCl3N13O2. The van der Waals surface area contributed by atoms with Crippen LogP contribution in [-0.4, -0.2) is 34.6 Å². The number of aryl methyl sites for hydroxylation is 4. The molecule has 0 aliphatic heterocycles. The van der Waals surface area contributed by atoms with Gasteiger partial charge < -0.3 is 11.5 Å². The highest BCUT2D eigenvalue weighted by molar-refractivity contribution is 9.10. The third-order valence-corrected chi connectivity index (χ3v) is 11.1. The number of nitro benzene ring substituents is 1. The molecule has 0 unspecified atom stereocenters. The van der Waals surface area contributed by atoms with E-state index in [-0.39, 0.29) is 26.7 Å². The maximum Gasteiger partial charge on any atom is 0.270 e. The molecule has 8 aromatic rings.